The molecular formula is C22H30N2O3S. The minimum Gasteiger partial charge on any atom is -0.497 e. The van der Waals surface area contributed by atoms with Crippen LogP contribution in [0.2, 0.25) is 0 Å². The van der Waals surface area contributed by atoms with Crippen molar-refractivity contribution in [2.45, 2.75) is 55.5 Å². The van der Waals surface area contributed by atoms with Crippen LogP contribution in [-0.4, -0.2) is 56.5 Å². The van der Waals surface area contributed by atoms with Crippen LogP contribution in [0.25, 0.3) is 0 Å². The van der Waals surface area contributed by atoms with Crippen molar-refractivity contribution in [1.82, 2.24) is 9.21 Å². The van der Waals surface area contributed by atoms with Crippen molar-refractivity contribution >= 4 is 10.0 Å². The smallest absolute Gasteiger partial charge is 0.243 e. The van der Waals surface area contributed by atoms with E-state index in [2.05, 4.69) is 11.0 Å². The Balaban J connectivity index is 1.48. The van der Waals surface area contributed by atoms with E-state index in [4.69, 9.17) is 4.74 Å². The molecule has 1 aliphatic carbocycles. The molecule has 3 saturated heterocycles. The van der Waals surface area contributed by atoms with Crippen LogP contribution in [0.3, 0.4) is 0 Å². The summed E-state index contributed by atoms with van der Waals surface area (Å²) in [6.07, 6.45) is 9.52. The lowest BCUT2D eigenvalue weighted by atomic mass is 9.68. The van der Waals surface area contributed by atoms with Gasteiger partial charge in [-0.2, -0.15) is 4.31 Å². The number of nitrogens with zero attached hydrogens (tertiary/aromatic N) is 2. The summed E-state index contributed by atoms with van der Waals surface area (Å²) in [5.41, 5.74) is 1.38. The average molecular weight is 403 g/mol. The first-order chi connectivity index (χ1) is 13.6. The largest absolute Gasteiger partial charge is 0.497 e. The lowest BCUT2D eigenvalue weighted by molar-refractivity contribution is 0.0149. The SMILES string of the molecule is COc1ccc(S(=O)(=O)N2CCCC3=C[C@@H]4C[C@H](CN5CCCC[C@H]45)[C@@H]32)cc1. The van der Waals surface area contributed by atoms with Crippen molar-refractivity contribution in [3.63, 3.8) is 0 Å². The molecule has 0 N–H and O–H groups in total. The summed E-state index contributed by atoms with van der Waals surface area (Å²) in [6.45, 7) is 2.86. The van der Waals surface area contributed by atoms with E-state index in [0.717, 1.165) is 25.8 Å². The van der Waals surface area contributed by atoms with E-state index in [-0.39, 0.29) is 6.04 Å². The molecule has 152 valence electrons. The maximum atomic E-state index is 13.5. The molecule has 2 bridgehead atoms. The van der Waals surface area contributed by atoms with Crippen molar-refractivity contribution in [3.8, 4) is 5.75 Å². The predicted molar refractivity (Wildman–Crippen MR) is 109 cm³/mol. The van der Waals surface area contributed by atoms with Crippen molar-refractivity contribution in [2.24, 2.45) is 11.8 Å². The molecule has 3 fully saturated rings. The minimum absolute atomic E-state index is 0.0416. The Morgan fingerprint density at radius 3 is 2.68 bits per heavy atom. The van der Waals surface area contributed by atoms with Gasteiger partial charge < -0.3 is 4.74 Å². The van der Waals surface area contributed by atoms with Gasteiger partial charge in [0.25, 0.3) is 0 Å². The Kier molecular flexibility index (Phi) is 4.76. The van der Waals surface area contributed by atoms with Gasteiger partial charge in [0, 0.05) is 19.1 Å². The molecule has 1 aromatic carbocycles. The van der Waals surface area contributed by atoms with E-state index in [9.17, 15) is 8.42 Å². The lowest BCUT2D eigenvalue weighted by Crippen LogP contribution is -2.59. The highest BCUT2D eigenvalue weighted by Gasteiger charge is 2.48. The molecule has 3 heterocycles. The van der Waals surface area contributed by atoms with Gasteiger partial charge in [-0.3, -0.25) is 4.90 Å². The number of ether oxygens (including phenoxy) is 1. The zero-order valence-corrected chi connectivity index (χ0v) is 17.4. The monoisotopic (exact) mass is 402 g/mol. The summed E-state index contributed by atoms with van der Waals surface area (Å²) in [7, 11) is -1.91. The third-order valence-electron chi connectivity index (χ3n) is 7.28. The highest BCUT2D eigenvalue weighted by atomic mass is 32.2. The zero-order valence-electron chi connectivity index (χ0n) is 16.6. The Labute approximate surface area is 168 Å². The van der Waals surface area contributed by atoms with Crippen LogP contribution >= 0.6 is 0 Å². The second kappa shape index (κ2) is 7.15. The summed E-state index contributed by atoms with van der Waals surface area (Å²) >= 11 is 0. The first-order valence-corrected chi connectivity index (χ1v) is 12.1. The van der Waals surface area contributed by atoms with Gasteiger partial charge in [0.15, 0.2) is 0 Å². The van der Waals surface area contributed by atoms with Gasteiger partial charge in [0.1, 0.15) is 5.75 Å². The number of fused-ring (bicyclic) bond motifs is 6. The van der Waals surface area contributed by atoms with E-state index in [1.54, 1.807) is 31.4 Å². The zero-order chi connectivity index (χ0) is 19.3. The summed E-state index contributed by atoms with van der Waals surface area (Å²) in [6, 6.07) is 7.57. The highest BCUT2D eigenvalue weighted by molar-refractivity contribution is 7.89. The second-order valence-corrected chi connectivity index (χ2v) is 10.7. The maximum Gasteiger partial charge on any atom is 0.243 e. The fourth-order valence-corrected chi connectivity index (χ4v) is 7.80. The van der Waals surface area contributed by atoms with Crippen LogP contribution in [0.1, 0.15) is 38.5 Å². The van der Waals surface area contributed by atoms with E-state index in [0.29, 0.717) is 35.1 Å². The van der Waals surface area contributed by atoms with Crippen LogP contribution in [0.5, 0.6) is 5.75 Å². The van der Waals surface area contributed by atoms with Crippen molar-refractivity contribution in [3.05, 3.63) is 35.9 Å². The standard InChI is InChI=1S/C22H30N2O3S/c1-27-19-7-9-20(10-8-19)28(25,26)24-12-4-5-16-13-17-14-18(22(16)24)15-23-11-3-2-6-21(17)23/h7-10,13,17-18,21-22H,2-6,11-12,14-15H2,1H3/t17-,18-,21-,22-/m1/s1. The number of hydrogen-bond acceptors (Lipinski definition) is 4. The quantitative estimate of drug-likeness (QED) is 0.728. The van der Waals surface area contributed by atoms with Gasteiger partial charge in [0.2, 0.25) is 10.0 Å². The van der Waals surface area contributed by atoms with Gasteiger partial charge in [-0.1, -0.05) is 18.1 Å². The Hall–Kier alpha value is -1.37. The van der Waals surface area contributed by atoms with Crippen LogP contribution in [0, 0.1) is 11.8 Å². The normalized spacial score (nSPS) is 33.5. The molecule has 4 aliphatic rings. The minimum atomic E-state index is -3.50. The molecular weight excluding hydrogens is 372 g/mol. The third kappa shape index (κ3) is 3.01. The van der Waals surface area contributed by atoms with Crippen LogP contribution in [-0.2, 0) is 10.0 Å². The molecule has 0 aromatic heterocycles. The molecule has 6 heteroatoms. The van der Waals surface area contributed by atoms with E-state index >= 15 is 0 Å². The second-order valence-electron chi connectivity index (χ2n) is 8.80. The topological polar surface area (TPSA) is 49.9 Å². The fourth-order valence-electron chi connectivity index (χ4n) is 6.08. The number of hydrogen-bond donors (Lipinski definition) is 0. The summed E-state index contributed by atoms with van der Waals surface area (Å²) in [4.78, 5) is 3.03. The third-order valence-corrected chi connectivity index (χ3v) is 9.17. The van der Waals surface area contributed by atoms with E-state index in [1.165, 1.54) is 31.4 Å². The molecule has 0 amide bonds. The molecule has 0 saturated carbocycles. The number of methoxy groups -OCH3 is 1. The summed E-state index contributed by atoms with van der Waals surface area (Å²) in [5.74, 6) is 1.73. The molecule has 4 atom stereocenters. The first kappa shape index (κ1) is 18.6. The van der Waals surface area contributed by atoms with Crippen LogP contribution in [0.15, 0.2) is 40.8 Å². The molecule has 28 heavy (non-hydrogen) atoms. The highest BCUT2D eigenvalue weighted by Crippen LogP contribution is 2.46. The van der Waals surface area contributed by atoms with Crippen LogP contribution in [0.4, 0.5) is 0 Å². The van der Waals surface area contributed by atoms with Crippen LogP contribution < -0.4 is 4.74 Å². The number of rotatable bonds is 3. The Morgan fingerprint density at radius 2 is 1.89 bits per heavy atom. The number of piperidine rings is 3. The van der Waals surface area contributed by atoms with Gasteiger partial charge in [0.05, 0.1) is 18.0 Å². The van der Waals surface area contributed by atoms with Gasteiger partial charge in [-0.15, -0.1) is 0 Å². The summed E-state index contributed by atoms with van der Waals surface area (Å²) < 4.78 is 34.1. The molecule has 5 rings (SSSR count). The van der Waals surface area contributed by atoms with Crippen molar-refractivity contribution in [1.29, 1.82) is 0 Å². The first-order valence-electron chi connectivity index (χ1n) is 10.7. The summed E-state index contributed by atoms with van der Waals surface area (Å²) in [5, 5.41) is 0. The van der Waals surface area contributed by atoms with Gasteiger partial charge in [-0.25, -0.2) is 8.42 Å². The lowest BCUT2D eigenvalue weighted by Gasteiger charge is -2.54. The molecule has 5 nitrogen and oxygen atoms in total. The molecule has 0 spiro atoms. The predicted octanol–water partition coefficient (Wildman–Crippen LogP) is 3.28. The van der Waals surface area contributed by atoms with Crippen molar-refractivity contribution < 1.29 is 13.2 Å². The molecule has 3 aliphatic heterocycles. The van der Waals surface area contributed by atoms with Gasteiger partial charge >= 0.3 is 0 Å². The molecule has 0 unspecified atom stereocenters. The van der Waals surface area contributed by atoms with Crippen molar-refractivity contribution in [2.75, 3.05) is 26.7 Å². The van der Waals surface area contributed by atoms with E-state index in [1.807, 2.05) is 4.31 Å². The Bertz CT molecular complexity index is 864. The number of benzene rings is 1. The van der Waals surface area contributed by atoms with E-state index < -0.39 is 10.0 Å². The fraction of sp³-hybridized carbons (Fsp3) is 0.636. The number of sulfonamides is 1. The van der Waals surface area contributed by atoms with Gasteiger partial charge in [-0.05, 0) is 74.8 Å². The maximum absolute atomic E-state index is 13.5. The average Bonchev–Trinajstić information content (AvgIpc) is 2.73. The molecule has 1 aromatic rings. The molecule has 0 radical (unpaired) electrons. The Morgan fingerprint density at radius 1 is 1.07 bits per heavy atom.